The molecule has 1 aliphatic rings. The summed E-state index contributed by atoms with van der Waals surface area (Å²) in [5.74, 6) is -1.73. The van der Waals surface area contributed by atoms with E-state index in [1.807, 2.05) is 0 Å². The van der Waals surface area contributed by atoms with E-state index in [0.29, 0.717) is 23.4 Å². The quantitative estimate of drug-likeness (QED) is 0.286. The number of H-pyrrole nitrogens is 1. The van der Waals surface area contributed by atoms with Gasteiger partial charge in [-0.3, -0.25) is 19.2 Å². The third-order valence-electron chi connectivity index (χ3n) is 6.71. The Morgan fingerprint density at radius 3 is 2.56 bits per heavy atom. The van der Waals surface area contributed by atoms with Crippen LogP contribution in [0.25, 0.3) is 10.8 Å². The molecule has 0 saturated carbocycles. The minimum atomic E-state index is -4.29. The number of halogens is 1. The highest BCUT2D eigenvalue weighted by Gasteiger charge is 2.45. The number of hydrogen-bond acceptors (Lipinski definition) is 7. The molecule has 0 bridgehead atoms. The summed E-state index contributed by atoms with van der Waals surface area (Å²) in [4.78, 5) is 56.5. The lowest BCUT2D eigenvalue weighted by Crippen LogP contribution is -2.52. The van der Waals surface area contributed by atoms with Crippen LogP contribution in [0.15, 0.2) is 53.8 Å². The van der Waals surface area contributed by atoms with E-state index in [9.17, 15) is 22.8 Å². The number of hydrogen-bond donors (Lipinski definition) is 3. The Morgan fingerprint density at radius 2 is 1.93 bits per heavy atom. The van der Waals surface area contributed by atoms with Gasteiger partial charge in [-0.25, -0.2) is 13.4 Å². The molecule has 3 aromatic rings. The molecule has 3 amide bonds. The van der Waals surface area contributed by atoms with E-state index >= 15 is 0 Å². The van der Waals surface area contributed by atoms with Crippen molar-refractivity contribution < 1.29 is 32.7 Å². The number of nitrogens with zero attached hydrogens (tertiary/aromatic N) is 4. The fourth-order valence-electron chi connectivity index (χ4n) is 4.62. The average Bonchev–Trinajstić information content (AvgIpc) is 3.59. The van der Waals surface area contributed by atoms with Gasteiger partial charge in [0.15, 0.2) is 0 Å². The molecule has 15 heteroatoms. The van der Waals surface area contributed by atoms with E-state index in [1.165, 1.54) is 21.9 Å². The van der Waals surface area contributed by atoms with Gasteiger partial charge in [0, 0.05) is 37.8 Å². The highest BCUT2D eigenvalue weighted by atomic mass is 35.5. The van der Waals surface area contributed by atoms with E-state index in [1.54, 1.807) is 50.8 Å². The first kappa shape index (κ1) is 31.5. The Hall–Kier alpha value is -4.01. The van der Waals surface area contributed by atoms with Gasteiger partial charge in [0.25, 0.3) is 6.47 Å². The third-order valence-corrected chi connectivity index (χ3v) is 8.80. The standard InChI is InChI=1S/C25H29ClN6O5S.CH2O2/c1-16(24(34)30(2)9-7-20-13-28-15-29-20)31-10-8-22(25(31)35)32(14-23(27)33)38(36,37)21-6-4-17-11-19(26)5-3-18(17)12-21;2-1-3/h3-6,11-13,15-16,22H,7-10,14H2,1-2H3,(H2,27,33)(H,28,29);1H,(H,2,3)/t16-,22-;/m0./s1. The molecule has 1 fully saturated rings. The number of nitrogens with two attached hydrogens (primary N) is 1. The summed E-state index contributed by atoms with van der Waals surface area (Å²) in [6, 6.07) is 7.53. The highest BCUT2D eigenvalue weighted by Crippen LogP contribution is 2.29. The summed E-state index contributed by atoms with van der Waals surface area (Å²) in [6.45, 7) is 1.24. The molecule has 0 spiro atoms. The first-order valence-corrected chi connectivity index (χ1v) is 14.3. The van der Waals surface area contributed by atoms with Crippen molar-refractivity contribution in [1.29, 1.82) is 0 Å². The number of carboxylic acid groups (broad SMARTS) is 1. The number of fused-ring (bicyclic) bond motifs is 1. The molecule has 13 nitrogen and oxygen atoms in total. The van der Waals surface area contributed by atoms with Gasteiger partial charge in [0.1, 0.15) is 12.1 Å². The summed E-state index contributed by atoms with van der Waals surface area (Å²) in [5, 5.41) is 8.77. The first-order chi connectivity index (χ1) is 19.4. The number of benzene rings is 2. The van der Waals surface area contributed by atoms with E-state index in [4.69, 9.17) is 27.2 Å². The second-order valence-electron chi connectivity index (χ2n) is 9.36. The molecular formula is C26H31ClN6O7S. The molecule has 1 aliphatic heterocycles. The molecule has 2 aromatic carbocycles. The van der Waals surface area contributed by atoms with E-state index in [0.717, 1.165) is 15.4 Å². The number of likely N-dealkylation sites (tertiary alicyclic amines) is 1. The van der Waals surface area contributed by atoms with Crippen LogP contribution in [0.3, 0.4) is 0 Å². The average molecular weight is 607 g/mol. The molecule has 220 valence electrons. The Morgan fingerprint density at radius 1 is 1.27 bits per heavy atom. The van der Waals surface area contributed by atoms with Crippen LogP contribution in [0.2, 0.25) is 5.02 Å². The number of aromatic nitrogens is 2. The van der Waals surface area contributed by atoms with Crippen LogP contribution < -0.4 is 5.73 Å². The number of imidazole rings is 1. The lowest BCUT2D eigenvalue weighted by atomic mass is 10.1. The zero-order valence-corrected chi connectivity index (χ0v) is 24.0. The van der Waals surface area contributed by atoms with Crippen molar-refractivity contribution in [1.82, 2.24) is 24.1 Å². The molecule has 0 radical (unpaired) electrons. The number of likely N-dealkylation sites (N-methyl/N-ethyl adjacent to an activating group) is 1. The Labute approximate surface area is 241 Å². The van der Waals surface area contributed by atoms with Gasteiger partial charge in [-0.1, -0.05) is 23.7 Å². The fourth-order valence-corrected chi connectivity index (χ4v) is 6.41. The summed E-state index contributed by atoms with van der Waals surface area (Å²) < 4.78 is 28.2. The van der Waals surface area contributed by atoms with Crippen molar-refractivity contribution in [2.45, 2.75) is 36.7 Å². The zero-order valence-electron chi connectivity index (χ0n) is 22.4. The van der Waals surface area contributed by atoms with Gasteiger partial charge in [-0.15, -0.1) is 0 Å². The number of rotatable bonds is 10. The number of carbonyl (C=O) groups excluding carboxylic acids is 3. The van der Waals surface area contributed by atoms with Crippen LogP contribution in [-0.4, -0.2) is 101 Å². The molecular weight excluding hydrogens is 576 g/mol. The molecule has 1 aromatic heterocycles. The second-order valence-corrected chi connectivity index (χ2v) is 11.7. The first-order valence-electron chi connectivity index (χ1n) is 12.5. The van der Waals surface area contributed by atoms with Crippen LogP contribution in [0.5, 0.6) is 0 Å². The lowest BCUT2D eigenvalue weighted by Gasteiger charge is -2.30. The molecule has 0 unspecified atom stereocenters. The van der Waals surface area contributed by atoms with Gasteiger partial charge in [-0.05, 0) is 48.4 Å². The summed E-state index contributed by atoms with van der Waals surface area (Å²) >= 11 is 6.03. The Kier molecular flexibility index (Phi) is 10.4. The second kappa shape index (κ2) is 13.6. The molecule has 4 N–H and O–H groups in total. The number of primary amides is 1. The fraction of sp³-hybridized carbons (Fsp3) is 0.346. The Bertz CT molecular complexity index is 1520. The molecule has 0 aliphatic carbocycles. The highest BCUT2D eigenvalue weighted by molar-refractivity contribution is 7.89. The van der Waals surface area contributed by atoms with Gasteiger partial charge < -0.3 is 25.6 Å². The van der Waals surface area contributed by atoms with E-state index < -0.39 is 40.5 Å². The monoisotopic (exact) mass is 606 g/mol. The summed E-state index contributed by atoms with van der Waals surface area (Å²) in [5.41, 5.74) is 6.20. The largest absolute Gasteiger partial charge is 0.483 e. The van der Waals surface area contributed by atoms with Crippen LogP contribution in [0.4, 0.5) is 0 Å². The van der Waals surface area contributed by atoms with Crippen molar-refractivity contribution in [2.24, 2.45) is 5.73 Å². The van der Waals surface area contributed by atoms with Crippen molar-refractivity contribution in [2.75, 3.05) is 26.7 Å². The lowest BCUT2D eigenvalue weighted by molar-refractivity contribution is -0.143. The molecule has 2 heterocycles. The smallest absolute Gasteiger partial charge is 0.290 e. The van der Waals surface area contributed by atoms with Gasteiger partial charge in [-0.2, -0.15) is 4.31 Å². The van der Waals surface area contributed by atoms with Gasteiger partial charge >= 0.3 is 0 Å². The number of carbonyl (C=O) groups is 4. The van der Waals surface area contributed by atoms with Crippen molar-refractivity contribution in [3.63, 3.8) is 0 Å². The van der Waals surface area contributed by atoms with Crippen LogP contribution in [-0.2, 0) is 35.6 Å². The SMILES string of the molecule is C[C@@H](C(=O)N(C)CCc1c[nH]cn1)N1CC[C@H](N(CC(N)=O)S(=O)(=O)c2ccc3cc(Cl)ccc3c2)C1=O.O=CO. The summed E-state index contributed by atoms with van der Waals surface area (Å²) in [6.07, 6.45) is 3.96. The number of nitrogens with one attached hydrogen (secondary N) is 1. The molecule has 4 rings (SSSR count). The maximum atomic E-state index is 13.7. The molecule has 2 atom stereocenters. The van der Waals surface area contributed by atoms with Crippen LogP contribution in [0.1, 0.15) is 19.0 Å². The maximum Gasteiger partial charge on any atom is 0.290 e. The number of aromatic amines is 1. The van der Waals surface area contributed by atoms with Gasteiger partial charge in [0.2, 0.25) is 27.7 Å². The Balaban J connectivity index is 0.00000147. The van der Waals surface area contributed by atoms with Crippen molar-refractivity contribution >= 4 is 56.6 Å². The third kappa shape index (κ3) is 7.39. The number of amides is 3. The molecule has 1 saturated heterocycles. The zero-order chi connectivity index (χ0) is 30.3. The summed E-state index contributed by atoms with van der Waals surface area (Å²) in [7, 11) is -2.65. The van der Waals surface area contributed by atoms with Crippen molar-refractivity contribution in [3.05, 3.63) is 59.6 Å². The van der Waals surface area contributed by atoms with E-state index in [2.05, 4.69) is 9.97 Å². The number of sulfonamides is 1. The topological polar surface area (TPSA) is 187 Å². The van der Waals surface area contributed by atoms with Crippen molar-refractivity contribution in [3.8, 4) is 0 Å². The maximum absolute atomic E-state index is 13.7. The predicted octanol–water partition coefficient (Wildman–Crippen LogP) is 1.08. The van der Waals surface area contributed by atoms with Crippen LogP contribution in [0, 0.1) is 0 Å². The predicted molar refractivity (Wildman–Crippen MR) is 150 cm³/mol. The minimum Gasteiger partial charge on any atom is -0.483 e. The van der Waals surface area contributed by atoms with E-state index in [-0.39, 0.29) is 30.2 Å². The minimum absolute atomic E-state index is 0.0814. The van der Waals surface area contributed by atoms with Crippen LogP contribution >= 0.6 is 11.6 Å². The van der Waals surface area contributed by atoms with Gasteiger partial charge in [0.05, 0.1) is 23.5 Å². The molecule has 41 heavy (non-hydrogen) atoms. The normalized spacial score (nSPS) is 15.9.